The molecule has 2 aliphatic rings. The lowest BCUT2D eigenvalue weighted by Crippen LogP contribution is -2.38. The van der Waals surface area contributed by atoms with Crippen LogP contribution in [0.1, 0.15) is 41.9 Å². The van der Waals surface area contributed by atoms with Gasteiger partial charge in [-0.1, -0.05) is 0 Å². The van der Waals surface area contributed by atoms with Crippen molar-refractivity contribution in [2.45, 2.75) is 38.6 Å². The summed E-state index contributed by atoms with van der Waals surface area (Å²) < 4.78 is 1.95. The van der Waals surface area contributed by atoms with Gasteiger partial charge in [-0.05, 0) is 32.1 Å². The van der Waals surface area contributed by atoms with Crippen LogP contribution in [0.25, 0.3) is 0 Å². The minimum atomic E-state index is -0.198. The van der Waals surface area contributed by atoms with Crippen LogP contribution in [0.15, 0.2) is 6.33 Å². The maximum absolute atomic E-state index is 12.5. The van der Waals surface area contributed by atoms with E-state index in [9.17, 15) is 9.59 Å². The number of amides is 2. The quantitative estimate of drug-likeness (QED) is 0.758. The first kappa shape index (κ1) is 16.0. The average molecular weight is 320 g/mol. The Balaban J connectivity index is 1.64. The van der Waals surface area contributed by atoms with Gasteiger partial charge in [-0.15, -0.1) is 0 Å². The number of fused-ring (bicyclic) bond motifs is 1. The molecule has 1 aromatic rings. The molecule has 23 heavy (non-hydrogen) atoms. The van der Waals surface area contributed by atoms with Crippen molar-refractivity contribution in [3.8, 4) is 0 Å². The zero-order valence-electron chi connectivity index (χ0n) is 13.3. The van der Waals surface area contributed by atoms with Gasteiger partial charge in [-0.2, -0.15) is 0 Å². The lowest BCUT2D eigenvalue weighted by atomic mass is 9.95. The predicted octanol–water partition coefficient (Wildman–Crippen LogP) is 0.180. The van der Waals surface area contributed by atoms with Gasteiger partial charge in [0.15, 0.2) is 0 Å². The van der Waals surface area contributed by atoms with E-state index in [1.165, 1.54) is 0 Å². The predicted molar refractivity (Wildman–Crippen MR) is 83.9 cm³/mol. The number of aliphatic hydroxyl groups excluding tert-OH is 1. The molecular formula is C16H24N4O3. The van der Waals surface area contributed by atoms with Gasteiger partial charge < -0.3 is 19.9 Å². The largest absolute Gasteiger partial charge is 0.396 e. The minimum Gasteiger partial charge on any atom is -0.396 e. The van der Waals surface area contributed by atoms with Gasteiger partial charge in [0, 0.05) is 32.8 Å². The maximum Gasteiger partial charge on any atom is 0.271 e. The topological polar surface area (TPSA) is 87.5 Å². The van der Waals surface area contributed by atoms with Crippen LogP contribution < -0.4 is 5.32 Å². The maximum atomic E-state index is 12.5. The molecule has 2 amide bonds. The highest BCUT2D eigenvalue weighted by Crippen LogP contribution is 2.25. The van der Waals surface area contributed by atoms with Crippen LogP contribution in [0.5, 0.6) is 0 Å². The van der Waals surface area contributed by atoms with Crippen molar-refractivity contribution in [3.63, 3.8) is 0 Å². The van der Waals surface area contributed by atoms with Crippen LogP contribution >= 0.6 is 0 Å². The van der Waals surface area contributed by atoms with Gasteiger partial charge in [0.25, 0.3) is 5.91 Å². The normalized spacial score (nSPS) is 20.4. The number of hydrogen-bond acceptors (Lipinski definition) is 4. The number of aromatic nitrogens is 2. The van der Waals surface area contributed by atoms with E-state index in [-0.39, 0.29) is 24.3 Å². The molecule has 1 atom stereocenters. The third-order valence-electron chi connectivity index (χ3n) is 4.70. The van der Waals surface area contributed by atoms with Crippen molar-refractivity contribution in [3.05, 3.63) is 17.7 Å². The molecule has 126 valence electrons. The highest BCUT2D eigenvalue weighted by molar-refractivity contribution is 5.93. The molecule has 1 saturated heterocycles. The van der Waals surface area contributed by atoms with Crippen LogP contribution in [0.3, 0.4) is 0 Å². The summed E-state index contributed by atoms with van der Waals surface area (Å²) in [7, 11) is 0. The van der Waals surface area contributed by atoms with E-state index in [1.807, 2.05) is 9.47 Å². The number of nitrogens with one attached hydrogen (secondary N) is 1. The van der Waals surface area contributed by atoms with Gasteiger partial charge in [-0.3, -0.25) is 9.59 Å². The molecule has 0 aromatic carbocycles. The second-order valence-electron chi connectivity index (χ2n) is 6.29. The molecule has 1 unspecified atom stereocenters. The fourth-order valence-electron chi connectivity index (χ4n) is 3.42. The third kappa shape index (κ3) is 3.39. The van der Waals surface area contributed by atoms with Crippen LogP contribution in [0, 0.1) is 5.92 Å². The van der Waals surface area contributed by atoms with Gasteiger partial charge in [-0.25, -0.2) is 4.98 Å². The molecule has 7 nitrogen and oxygen atoms in total. The Labute approximate surface area is 135 Å². The zero-order valence-corrected chi connectivity index (χ0v) is 13.3. The lowest BCUT2D eigenvalue weighted by molar-refractivity contribution is -0.135. The van der Waals surface area contributed by atoms with E-state index >= 15 is 0 Å². The molecule has 0 bridgehead atoms. The summed E-state index contributed by atoms with van der Waals surface area (Å²) >= 11 is 0. The van der Waals surface area contributed by atoms with Crippen molar-refractivity contribution in [2.75, 3.05) is 26.2 Å². The summed E-state index contributed by atoms with van der Waals surface area (Å²) in [6.07, 6.45) is 5.89. The van der Waals surface area contributed by atoms with Gasteiger partial charge in [0.05, 0.1) is 17.9 Å². The molecule has 3 rings (SSSR count). The molecule has 1 aromatic heterocycles. The monoisotopic (exact) mass is 320 g/mol. The summed E-state index contributed by atoms with van der Waals surface area (Å²) in [4.78, 5) is 30.8. The van der Waals surface area contributed by atoms with Crippen LogP contribution in [0.4, 0.5) is 0 Å². The van der Waals surface area contributed by atoms with E-state index in [4.69, 9.17) is 5.11 Å². The van der Waals surface area contributed by atoms with Gasteiger partial charge in [0.2, 0.25) is 5.91 Å². The molecular weight excluding hydrogens is 296 g/mol. The van der Waals surface area contributed by atoms with E-state index in [0.717, 1.165) is 38.0 Å². The number of rotatable bonds is 5. The number of carbonyl (C=O) groups excluding carboxylic acids is 2. The summed E-state index contributed by atoms with van der Waals surface area (Å²) in [5.74, 6) is 0.0485. The Morgan fingerprint density at radius 1 is 1.35 bits per heavy atom. The van der Waals surface area contributed by atoms with Crippen LogP contribution in [-0.4, -0.2) is 57.6 Å². The van der Waals surface area contributed by atoms with Gasteiger partial charge in [0.1, 0.15) is 5.69 Å². The molecule has 2 N–H and O–H groups in total. The van der Waals surface area contributed by atoms with Crippen molar-refractivity contribution < 1.29 is 14.7 Å². The summed E-state index contributed by atoms with van der Waals surface area (Å²) in [5, 5.41) is 11.5. The molecule has 7 heteroatoms. The Bertz CT molecular complexity index is 578. The lowest BCUT2D eigenvalue weighted by Gasteiger charge is -2.27. The second-order valence-corrected chi connectivity index (χ2v) is 6.29. The molecule has 0 aliphatic carbocycles. The first-order valence-electron chi connectivity index (χ1n) is 8.42. The number of aliphatic hydroxyl groups is 1. The van der Waals surface area contributed by atoms with E-state index in [2.05, 4.69) is 10.3 Å². The Morgan fingerprint density at radius 3 is 2.87 bits per heavy atom. The number of nitrogens with zero attached hydrogens (tertiary/aromatic N) is 3. The summed E-state index contributed by atoms with van der Waals surface area (Å²) in [6.45, 7) is 2.87. The summed E-state index contributed by atoms with van der Waals surface area (Å²) in [5.41, 5.74) is 1.37. The highest BCUT2D eigenvalue weighted by Gasteiger charge is 2.31. The summed E-state index contributed by atoms with van der Waals surface area (Å²) in [6, 6.07) is 0. The standard InChI is InChI=1S/C16H24N4O3/c21-9-3-6-17-15(22)14-13-5-4-12(10-20(13)11-18-14)16(23)19-7-1-2-8-19/h11-12,21H,1-10H2,(H,17,22). The van der Waals surface area contributed by atoms with Crippen molar-refractivity contribution in [1.82, 2.24) is 19.8 Å². The highest BCUT2D eigenvalue weighted by atomic mass is 16.3. The Hall–Kier alpha value is -1.89. The average Bonchev–Trinajstić information content (AvgIpc) is 3.23. The van der Waals surface area contributed by atoms with Crippen molar-refractivity contribution in [1.29, 1.82) is 0 Å². The van der Waals surface area contributed by atoms with Crippen molar-refractivity contribution in [2.24, 2.45) is 5.92 Å². The third-order valence-corrected chi connectivity index (χ3v) is 4.70. The zero-order chi connectivity index (χ0) is 16.2. The van der Waals surface area contributed by atoms with Crippen LogP contribution in [0.2, 0.25) is 0 Å². The smallest absolute Gasteiger partial charge is 0.271 e. The van der Waals surface area contributed by atoms with Gasteiger partial charge >= 0.3 is 0 Å². The molecule has 0 radical (unpaired) electrons. The molecule has 3 heterocycles. The molecule has 1 fully saturated rings. The molecule has 0 spiro atoms. The number of carbonyl (C=O) groups is 2. The Morgan fingerprint density at radius 2 is 2.13 bits per heavy atom. The van der Waals surface area contributed by atoms with E-state index in [1.54, 1.807) is 6.33 Å². The number of imidazole rings is 1. The first-order valence-corrected chi connectivity index (χ1v) is 8.42. The van der Waals surface area contributed by atoms with Crippen molar-refractivity contribution >= 4 is 11.8 Å². The Kier molecular flexibility index (Phi) is 4.95. The fraction of sp³-hybridized carbons (Fsp3) is 0.688. The number of hydrogen-bond donors (Lipinski definition) is 2. The minimum absolute atomic E-state index is 0.0000927. The van der Waals surface area contributed by atoms with E-state index < -0.39 is 0 Å². The second kappa shape index (κ2) is 7.12. The van der Waals surface area contributed by atoms with E-state index in [0.29, 0.717) is 31.6 Å². The van der Waals surface area contributed by atoms with Crippen LogP contribution in [-0.2, 0) is 17.8 Å². The molecule has 0 saturated carbocycles. The SMILES string of the molecule is O=C(NCCCO)c1ncn2c1CCC(C(=O)N1CCCC1)C2. The number of likely N-dealkylation sites (tertiary alicyclic amines) is 1. The fourth-order valence-corrected chi connectivity index (χ4v) is 3.42. The molecule has 2 aliphatic heterocycles. The first-order chi connectivity index (χ1) is 11.2.